The molecule has 0 atom stereocenters. The second-order valence-corrected chi connectivity index (χ2v) is 7.23. The fourth-order valence-corrected chi connectivity index (χ4v) is 3.50. The van der Waals surface area contributed by atoms with Gasteiger partial charge in [-0.05, 0) is 24.6 Å². The Morgan fingerprint density at radius 2 is 1.79 bits per heavy atom. The van der Waals surface area contributed by atoms with E-state index in [-0.39, 0.29) is 17.2 Å². The van der Waals surface area contributed by atoms with Crippen molar-refractivity contribution in [1.29, 1.82) is 0 Å². The lowest BCUT2D eigenvalue weighted by Gasteiger charge is -2.13. The molecule has 6 heteroatoms. The number of methoxy groups -OCH3 is 1. The normalized spacial score (nSPS) is 11.1. The Labute approximate surface area is 142 Å². The minimum Gasteiger partial charge on any atom is -0.495 e. The van der Waals surface area contributed by atoms with E-state index >= 15 is 0 Å². The van der Waals surface area contributed by atoms with E-state index in [0.29, 0.717) is 23.3 Å². The van der Waals surface area contributed by atoms with E-state index in [1.807, 2.05) is 13.0 Å². The van der Waals surface area contributed by atoms with Crippen molar-refractivity contribution in [2.24, 2.45) is 0 Å². The van der Waals surface area contributed by atoms with Gasteiger partial charge in [0.1, 0.15) is 5.75 Å². The maximum atomic E-state index is 12.5. The summed E-state index contributed by atoms with van der Waals surface area (Å²) in [6, 6.07) is 13.6. The second-order valence-electron chi connectivity index (χ2n) is 5.38. The molecule has 2 aromatic rings. The monoisotopic (exact) mass is 347 g/mol. The van der Waals surface area contributed by atoms with Gasteiger partial charge in [-0.1, -0.05) is 43.7 Å². The summed E-state index contributed by atoms with van der Waals surface area (Å²) in [4.78, 5) is 12.5. The molecular formula is C18H21NO4S. The van der Waals surface area contributed by atoms with Gasteiger partial charge in [-0.15, -0.1) is 0 Å². The number of anilines is 1. The van der Waals surface area contributed by atoms with Crippen LogP contribution in [-0.2, 0) is 10.0 Å². The van der Waals surface area contributed by atoms with E-state index in [0.717, 1.165) is 6.42 Å². The first-order chi connectivity index (χ1) is 11.5. The van der Waals surface area contributed by atoms with Crippen molar-refractivity contribution in [2.45, 2.75) is 19.8 Å². The van der Waals surface area contributed by atoms with Crippen LogP contribution >= 0.6 is 0 Å². The highest BCUT2D eigenvalue weighted by molar-refractivity contribution is 7.92. The van der Waals surface area contributed by atoms with Crippen LogP contribution < -0.4 is 9.46 Å². The fraction of sp³-hybridized carbons (Fsp3) is 0.278. The van der Waals surface area contributed by atoms with Gasteiger partial charge in [-0.3, -0.25) is 9.52 Å². The van der Waals surface area contributed by atoms with Crippen LogP contribution in [0.1, 0.15) is 35.7 Å². The van der Waals surface area contributed by atoms with Crippen molar-refractivity contribution in [3.63, 3.8) is 0 Å². The molecule has 0 aliphatic carbocycles. The molecule has 0 unspecified atom stereocenters. The third-order valence-corrected chi connectivity index (χ3v) is 4.89. The SMILES string of the molecule is CCCCS(=O)(=O)Nc1cc(C(=O)c2ccccc2)ccc1OC. The number of benzene rings is 2. The topological polar surface area (TPSA) is 72.5 Å². The van der Waals surface area contributed by atoms with Crippen LogP contribution in [0.2, 0.25) is 0 Å². The lowest BCUT2D eigenvalue weighted by molar-refractivity contribution is 0.103. The Morgan fingerprint density at radius 1 is 1.08 bits per heavy atom. The highest BCUT2D eigenvalue weighted by Crippen LogP contribution is 2.27. The zero-order valence-corrected chi connectivity index (χ0v) is 14.6. The van der Waals surface area contributed by atoms with Crippen LogP contribution in [0.5, 0.6) is 5.75 Å². The Morgan fingerprint density at radius 3 is 2.42 bits per heavy atom. The van der Waals surface area contributed by atoms with Gasteiger partial charge >= 0.3 is 0 Å². The highest BCUT2D eigenvalue weighted by atomic mass is 32.2. The van der Waals surface area contributed by atoms with Gasteiger partial charge in [-0.2, -0.15) is 0 Å². The van der Waals surface area contributed by atoms with Gasteiger partial charge in [0.2, 0.25) is 10.0 Å². The minimum absolute atomic E-state index is 0.0313. The zero-order chi connectivity index (χ0) is 17.6. The molecule has 0 bridgehead atoms. The van der Waals surface area contributed by atoms with E-state index in [4.69, 9.17) is 4.74 Å². The predicted molar refractivity (Wildman–Crippen MR) is 95.2 cm³/mol. The Hall–Kier alpha value is -2.34. The number of hydrogen-bond donors (Lipinski definition) is 1. The largest absolute Gasteiger partial charge is 0.495 e. The summed E-state index contributed by atoms with van der Waals surface area (Å²) >= 11 is 0. The van der Waals surface area contributed by atoms with E-state index in [9.17, 15) is 13.2 Å². The van der Waals surface area contributed by atoms with Crippen LogP contribution in [0.15, 0.2) is 48.5 Å². The standard InChI is InChI=1S/C18H21NO4S/c1-3-4-12-24(21,22)19-16-13-15(10-11-17(16)23-2)18(20)14-8-6-5-7-9-14/h5-11,13,19H,3-4,12H2,1-2H3. The van der Waals surface area contributed by atoms with Crippen molar-refractivity contribution < 1.29 is 17.9 Å². The van der Waals surface area contributed by atoms with Crippen LogP contribution in [0, 0.1) is 0 Å². The van der Waals surface area contributed by atoms with Crippen LogP contribution in [0.25, 0.3) is 0 Å². The first kappa shape index (κ1) is 18.0. The molecule has 24 heavy (non-hydrogen) atoms. The molecule has 0 aliphatic heterocycles. The molecule has 0 saturated carbocycles. The summed E-state index contributed by atoms with van der Waals surface area (Å²) in [6.45, 7) is 1.93. The molecule has 0 saturated heterocycles. The molecule has 0 aliphatic rings. The van der Waals surface area contributed by atoms with Crippen LogP contribution in [-0.4, -0.2) is 27.1 Å². The number of sulfonamides is 1. The van der Waals surface area contributed by atoms with Gasteiger partial charge in [0.15, 0.2) is 5.78 Å². The summed E-state index contributed by atoms with van der Waals surface area (Å²) < 4.78 is 32.0. The first-order valence-electron chi connectivity index (χ1n) is 7.75. The van der Waals surface area contributed by atoms with E-state index in [1.54, 1.807) is 36.4 Å². The first-order valence-corrected chi connectivity index (χ1v) is 9.40. The summed E-state index contributed by atoms with van der Waals surface area (Å²) in [5.74, 6) is 0.232. The van der Waals surface area contributed by atoms with Gasteiger partial charge in [0.05, 0.1) is 18.6 Å². The molecular weight excluding hydrogens is 326 g/mol. The lowest BCUT2D eigenvalue weighted by Crippen LogP contribution is -2.17. The molecule has 2 aromatic carbocycles. The molecule has 0 amide bonds. The molecule has 128 valence electrons. The lowest BCUT2D eigenvalue weighted by atomic mass is 10.0. The molecule has 0 radical (unpaired) electrons. The summed E-state index contributed by atoms with van der Waals surface area (Å²) in [5, 5.41) is 0. The van der Waals surface area contributed by atoms with Crippen molar-refractivity contribution in [2.75, 3.05) is 17.6 Å². The zero-order valence-electron chi connectivity index (χ0n) is 13.8. The maximum Gasteiger partial charge on any atom is 0.232 e. The van der Waals surface area contributed by atoms with E-state index < -0.39 is 10.0 Å². The van der Waals surface area contributed by atoms with Crippen molar-refractivity contribution in [3.05, 3.63) is 59.7 Å². The predicted octanol–water partition coefficient (Wildman–Crippen LogP) is 3.47. The summed E-state index contributed by atoms with van der Waals surface area (Å²) in [7, 11) is -2.02. The number of ketones is 1. The number of hydrogen-bond acceptors (Lipinski definition) is 4. The number of carbonyl (C=O) groups excluding carboxylic acids is 1. The van der Waals surface area contributed by atoms with Gasteiger partial charge in [-0.25, -0.2) is 8.42 Å². The van der Waals surface area contributed by atoms with Gasteiger partial charge < -0.3 is 4.74 Å². The molecule has 1 N–H and O–H groups in total. The Balaban J connectivity index is 2.32. The van der Waals surface area contributed by atoms with E-state index in [2.05, 4.69) is 4.72 Å². The molecule has 0 heterocycles. The highest BCUT2D eigenvalue weighted by Gasteiger charge is 2.16. The number of ether oxygens (including phenoxy) is 1. The van der Waals surface area contributed by atoms with Crippen molar-refractivity contribution in [1.82, 2.24) is 0 Å². The minimum atomic E-state index is -3.48. The van der Waals surface area contributed by atoms with Gasteiger partial charge in [0, 0.05) is 11.1 Å². The second kappa shape index (κ2) is 7.97. The third-order valence-electron chi connectivity index (χ3n) is 3.53. The molecule has 0 spiro atoms. The van der Waals surface area contributed by atoms with E-state index in [1.165, 1.54) is 13.2 Å². The number of nitrogens with one attached hydrogen (secondary N) is 1. The van der Waals surface area contributed by atoms with Crippen LogP contribution in [0.3, 0.4) is 0 Å². The molecule has 2 rings (SSSR count). The fourth-order valence-electron chi connectivity index (χ4n) is 2.24. The average molecular weight is 347 g/mol. The smallest absolute Gasteiger partial charge is 0.232 e. The summed E-state index contributed by atoms with van der Waals surface area (Å²) in [5.41, 5.74) is 1.22. The molecule has 0 fully saturated rings. The maximum absolute atomic E-state index is 12.5. The Kier molecular flexibility index (Phi) is 5.98. The number of carbonyl (C=O) groups is 1. The Bertz CT molecular complexity index is 801. The van der Waals surface area contributed by atoms with Gasteiger partial charge in [0.25, 0.3) is 0 Å². The number of unbranched alkanes of at least 4 members (excludes halogenated alkanes) is 1. The summed E-state index contributed by atoms with van der Waals surface area (Å²) in [6.07, 6.45) is 1.35. The third kappa shape index (κ3) is 4.58. The number of rotatable bonds is 8. The van der Waals surface area contributed by atoms with Crippen molar-refractivity contribution >= 4 is 21.5 Å². The van der Waals surface area contributed by atoms with Crippen LogP contribution in [0.4, 0.5) is 5.69 Å². The molecule has 5 nitrogen and oxygen atoms in total. The molecule has 0 aromatic heterocycles. The quantitative estimate of drug-likeness (QED) is 0.742. The average Bonchev–Trinajstić information content (AvgIpc) is 2.59. The van der Waals surface area contributed by atoms with Crippen molar-refractivity contribution in [3.8, 4) is 5.75 Å².